The number of methoxy groups -OCH3 is 1. The predicted octanol–water partition coefficient (Wildman–Crippen LogP) is 1.66. The van der Waals surface area contributed by atoms with Gasteiger partial charge in [0.05, 0.1) is 31.4 Å². The number of fused-ring (bicyclic) bond motifs is 3. The molecule has 4 rings (SSSR count). The Morgan fingerprint density at radius 2 is 1.97 bits per heavy atom. The smallest absolute Gasteiger partial charge is 0.332 e. The number of hydrazone groups is 1. The van der Waals surface area contributed by atoms with Crippen molar-refractivity contribution in [3.8, 4) is 0 Å². The van der Waals surface area contributed by atoms with Gasteiger partial charge >= 0.3 is 5.69 Å². The molecule has 0 unspecified atom stereocenters. The number of hydrogen-bond acceptors (Lipinski definition) is 6. The van der Waals surface area contributed by atoms with Gasteiger partial charge in [0.2, 0.25) is 5.95 Å². The minimum Gasteiger partial charge on any atom is -0.383 e. The minimum atomic E-state index is -0.391. The SMILES string of the molecule is COCCN1N=C(C)[C@@H](C)n2c1nc1c2c(=O)n(Cc2cccc(C)c2)c(=O)n1C. The summed E-state index contributed by atoms with van der Waals surface area (Å²) >= 11 is 0. The summed E-state index contributed by atoms with van der Waals surface area (Å²) in [5, 5.41) is 6.34. The second-order valence-electron chi connectivity index (χ2n) is 7.71. The maximum Gasteiger partial charge on any atom is 0.332 e. The van der Waals surface area contributed by atoms with Gasteiger partial charge in [-0.2, -0.15) is 10.1 Å². The van der Waals surface area contributed by atoms with E-state index >= 15 is 0 Å². The lowest BCUT2D eigenvalue weighted by Crippen LogP contribution is -2.40. The molecule has 3 aromatic rings. The van der Waals surface area contributed by atoms with E-state index in [4.69, 9.17) is 4.74 Å². The Balaban J connectivity index is 1.95. The standard InChI is InChI=1S/C21H26N6O3/c1-13-7-6-8-16(11-13)12-25-19(28)17-18(24(4)21(25)29)22-20-26(9-10-30-5)23-14(2)15(3)27(17)20/h6-8,11,15H,9-10,12H2,1-5H3/t15-/m1/s1. The predicted molar refractivity (Wildman–Crippen MR) is 117 cm³/mol. The van der Waals surface area contributed by atoms with Gasteiger partial charge in [-0.1, -0.05) is 29.8 Å². The second kappa shape index (κ2) is 7.56. The minimum absolute atomic E-state index is 0.151. The highest BCUT2D eigenvalue weighted by Gasteiger charge is 2.30. The Labute approximate surface area is 173 Å². The zero-order chi connectivity index (χ0) is 21.6. The zero-order valence-electron chi connectivity index (χ0n) is 17.9. The molecule has 1 aromatic carbocycles. The Hall–Kier alpha value is -3.20. The van der Waals surface area contributed by atoms with Gasteiger partial charge in [0, 0.05) is 14.2 Å². The topological polar surface area (TPSA) is 86.7 Å². The molecule has 1 aliphatic rings. The van der Waals surface area contributed by atoms with Crippen LogP contribution in [0.3, 0.4) is 0 Å². The number of aromatic nitrogens is 4. The molecule has 0 spiro atoms. The molecule has 0 aliphatic carbocycles. The average Bonchev–Trinajstić information content (AvgIpc) is 3.12. The van der Waals surface area contributed by atoms with Crippen molar-refractivity contribution in [1.29, 1.82) is 0 Å². The van der Waals surface area contributed by atoms with Crippen LogP contribution in [0, 0.1) is 6.92 Å². The second-order valence-corrected chi connectivity index (χ2v) is 7.71. The van der Waals surface area contributed by atoms with Gasteiger partial charge in [-0.05, 0) is 26.3 Å². The highest BCUT2D eigenvalue weighted by Crippen LogP contribution is 2.29. The van der Waals surface area contributed by atoms with E-state index in [0.717, 1.165) is 16.8 Å². The van der Waals surface area contributed by atoms with Gasteiger partial charge in [0.1, 0.15) is 0 Å². The lowest BCUT2D eigenvalue weighted by atomic mass is 10.1. The number of hydrogen-bond donors (Lipinski definition) is 0. The van der Waals surface area contributed by atoms with Crippen molar-refractivity contribution in [2.24, 2.45) is 12.1 Å². The van der Waals surface area contributed by atoms with Crippen LogP contribution >= 0.6 is 0 Å². The third kappa shape index (κ3) is 3.15. The molecule has 30 heavy (non-hydrogen) atoms. The molecule has 2 aromatic heterocycles. The van der Waals surface area contributed by atoms with Crippen LogP contribution in [-0.4, -0.2) is 44.7 Å². The number of benzene rings is 1. The maximum atomic E-state index is 13.5. The van der Waals surface area contributed by atoms with Crippen LogP contribution in [0.25, 0.3) is 11.2 Å². The first kappa shape index (κ1) is 20.1. The summed E-state index contributed by atoms with van der Waals surface area (Å²) in [7, 11) is 3.27. The molecule has 158 valence electrons. The normalized spacial score (nSPS) is 16.1. The van der Waals surface area contributed by atoms with Crippen LogP contribution in [0.4, 0.5) is 5.95 Å². The van der Waals surface area contributed by atoms with Crippen molar-refractivity contribution in [2.75, 3.05) is 25.3 Å². The summed E-state index contributed by atoms with van der Waals surface area (Å²) in [6.07, 6.45) is 0. The molecule has 0 fully saturated rings. The van der Waals surface area contributed by atoms with Gasteiger partial charge in [-0.3, -0.25) is 18.5 Å². The van der Waals surface area contributed by atoms with E-state index in [1.165, 1.54) is 9.13 Å². The van der Waals surface area contributed by atoms with Crippen molar-refractivity contribution in [3.05, 3.63) is 56.2 Å². The van der Waals surface area contributed by atoms with Crippen molar-refractivity contribution in [3.63, 3.8) is 0 Å². The van der Waals surface area contributed by atoms with E-state index in [1.807, 2.05) is 49.6 Å². The van der Waals surface area contributed by atoms with Crippen LogP contribution in [0.2, 0.25) is 0 Å². The van der Waals surface area contributed by atoms with Crippen LogP contribution in [0.5, 0.6) is 0 Å². The summed E-state index contributed by atoms with van der Waals surface area (Å²) in [6, 6.07) is 7.66. The van der Waals surface area contributed by atoms with Gasteiger partial charge in [0.15, 0.2) is 11.2 Å². The Bertz CT molecular complexity index is 1270. The molecule has 0 bridgehead atoms. The third-order valence-corrected chi connectivity index (χ3v) is 5.59. The average molecular weight is 410 g/mol. The molecule has 0 saturated heterocycles. The largest absolute Gasteiger partial charge is 0.383 e. The fraction of sp³-hybridized carbons (Fsp3) is 0.429. The summed E-state index contributed by atoms with van der Waals surface area (Å²) in [4.78, 5) is 31.2. The molecule has 9 nitrogen and oxygen atoms in total. The van der Waals surface area contributed by atoms with E-state index in [9.17, 15) is 9.59 Å². The van der Waals surface area contributed by atoms with E-state index < -0.39 is 5.69 Å². The maximum absolute atomic E-state index is 13.5. The third-order valence-electron chi connectivity index (χ3n) is 5.59. The summed E-state index contributed by atoms with van der Waals surface area (Å²) in [5.74, 6) is 0.542. The van der Waals surface area contributed by atoms with Crippen molar-refractivity contribution in [2.45, 2.75) is 33.4 Å². The Morgan fingerprint density at radius 1 is 1.20 bits per heavy atom. The van der Waals surface area contributed by atoms with E-state index in [-0.39, 0.29) is 18.1 Å². The molecule has 0 amide bonds. The highest BCUT2D eigenvalue weighted by atomic mass is 16.5. The summed E-state index contributed by atoms with van der Waals surface area (Å²) in [6.45, 7) is 7.05. The molecule has 0 saturated carbocycles. The number of aryl methyl sites for hydroxylation is 2. The van der Waals surface area contributed by atoms with Crippen LogP contribution < -0.4 is 16.3 Å². The van der Waals surface area contributed by atoms with Crippen molar-refractivity contribution in [1.82, 2.24) is 18.7 Å². The molecular formula is C21H26N6O3. The van der Waals surface area contributed by atoms with Crippen LogP contribution in [0.1, 0.15) is 31.0 Å². The summed E-state index contributed by atoms with van der Waals surface area (Å²) < 4.78 is 9.78. The summed E-state index contributed by atoms with van der Waals surface area (Å²) in [5.41, 5.74) is 2.87. The van der Waals surface area contributed by atoms with Crippen molar-refractivity contribution >= 4 is 22.8 Å². The van der Waals surface area contributed by atoms with Gasteiger partial charge in [-0.25, -0.2) is 9.80 Å². The first-order chi connectivity index (χ1) is 14.3. The highest BCUT2D eigenvalue weighted by molar-refractivity contribution is 5.91. The number of nitrogens with zero attached hydrogens (tertiary/aromatic N) is 6. The fourth-order valence-corrected chi connectivity index (χ4v) is 3.84. The monoisotopic (exact) mass is 410 g/mol. The lowest BCUT2D eigenvalue weighted by Gasteiger charge is -2.29. The van der Waals surface area contributed by atoms with Gasteiger partial charge in [0.25, 0.3) is 5.56 Å². The quantitative estimate of drug-likeness (QED) is 0.638. The zero-order valence-corrected chi connectivity index (χ0v) is 17.9. The van der Waals surface area contributed by atoms with Crippen LogP contribution in [0.15, 0.2) is 39.0 Å². The Morgan fingerprint density at radius 3 is 2.67 bits per heavy atom. The molecule has 9 heteroatoms. The number of ether oxygens (including phenoxy) is 1. The first-order valence-corrected chi connectivity index (χ1v) is 9.92. The number of rotatable bonds is 5. The van der Waals surface area contributed by atoms with Gasteiger partial charge < -0.3 is 4.74 Å². The molecule has 0 radical (unpaired) electrons. The first-order valence-electron chi connectivity index (χ1n) is 9.92. The van der Waals surface area contributed by atoms with Crippen molar-refractivity contribution < 1.29 is 4.74 Å². The molecule has 1 aliphatic heterocycles. The van der Waals surface area contributed by atoms with Crippen LogP contribution in [-0.2, 0) is 18.3 Å². The lowest BCUT2D eigenvalue weighted by molar-refractivity contribution is 0.204. The molecule has 3 heterocycles. The number of imidazole rings is 1. The Kier molecular flexibility index (Phi) is 5.07. The molecule has 1 atom stereocenters. The molecular weight excluding hydrogens is 384 g/mol. The molecule has 0 N–H and O–H groups in total. The fourth-order valence-electron chi connectivity index (χ4n) is 3.84. The van der Waals surface area contributed by atoms with E-state index in [1.54, 1.807) is 19.2 Å². The van der Waals surface area contributed by atoms with E-state index in [0.29, 0.717) is 30.3 Å². The number of anilines is 1. The van der Waals surface area contributed by atoms with Gasteiger partial charge in [-0.15, -0.1) is 0 Å². The van der Waals surface area contributed by atoms with E-state index in [2.05, 4.69) is 10.1 Å².